The molecule has 9 heavy (non-hydrogen) atoms. The van der Waals surface area contributed by atoms with E-state index in [-0.39, 0.29) is 11.6 Å². The molecule has 2 N–H and O–H groups in total. The summed E-state index contributed by atoms with van der Waals surface area (Å²) in [7, 11) is 0. The van der Waals surface area contributed by atoms with E-state index in [1.54, 1.807) is 0 Å². The first-order valence-corrected chi connectivity index (χ1v) is 2.62. The van der Waals surface area contributed by atoms with Gasteiger partial charge in [-0.1, -0.05) is 0 Å². The minimum atomic E-state index is -0.365. The van der Waals surface area contributed by atoms with Crippen LogP contribution in [-0.4, -0.2) is 24.9 Å². The number of carbonyl (C=O) groups excluding carboxylic acids is 2. The van der Waals surface area contributed by atoms with Crippen molar-refractivity contribution in [1.82, 2.24) is 10.6 Å². The number of hydrogen-bond donors (Lipinski definition) is 2. The molecule has 0 radical (unpaired) electrons. The molecule has 48 valence electrons. The average molecular weight is 126 g/mol. The summed E-state index contributed by atoms with van der Waals surface area (Å²) < 4.78 is 0. The maximum Gasteiger partial charge on any atom is 0.278 e. The smallest absolute Gasteiger partial charge is 0.278 e. The monoisotopic (exact) mass is 126 g/mol. The lowest BCUT2D eigenvalue weighted by atomic mass is 10.3. The molecule has 1 amide bonds. The molecule has 0 aromatic carbocycles. The second-order valence-electron chi connectivity index (χ2n) is 1.66. The Morgan fingerprint density at radius 3 is 2.44 bits per heavy atom. The average Bonchev–Trinajstić information content (AvgIpc) is 1.89. The van der Waals surface area contributed by atoms with Crippen LogP contribution in [0.25, 0.3) is 0 Å². The lowest BCUT2D eigenvalue weighted by molar-refractivity contribution is -0.118. The van der Waals surface area contributed by atoms with Crippen molar-refractivity contribution in [3.63, 3.8) is 0 Å². The topological polar surface area (TPSA) is 58.2 Å². The third-order valence-electron chi connectivity index (χ3n) is 1.04. The van der Waals surface area contributed by atoms with Crippen molar-refractivity contribution in [2.75, 3.05) is 13.1 Å². The highest BCUT2D eigenvalue weighted by Crippen LogP contribution is 1.85. The molecular weight excluding hydrogens is 120 g/mol. The molecule has 0 unspecified atom stereocenters. The van der Waals surface area contributed by atoms with Crippen molar-refractivity contribution in [2.45, 2.75) is 0 Å². The highest BCUT2D eigenvalue weighted by molar-refractivity contribution is 6.00. The van der Waals surface area contributed by atoms with Crippen LogP contribution in [0.2, 0.25) is 0 Å². The molecule has 0 spiro atoms. The fourth-order valence-corrected chi connectivity index (χ4v) is 0.615. The number of carbonyl (C=O) groups is 1. The van der Waals surface area contributed by atoms with Crippen LogP contribution in [0, 0.1) is 0 Å². The zero-order valence-corrected chi connectivity index (χ0v) is 4.73. The van der Waals surface area contributed by atoms with Gasteiger partial charge in [-0.15, -0.1) is 0 Å². The van der Waals surface area contributed by atoms with Gasteiger partial charge >= 0.3 is 0 Å². The van der Waals surface area contributed by atoms with E-state index in [9.17, 15) is 9.59 Å². The van der Waals surface area contributed by atoms with Crippen LogP contribution in [0.1, 0.15) is 0 Å². The van der Waals surface area contributed by atoms with Gasteiger partial charge < -0.3 is 10.6 Å². The van der Waals surface area contributed by atoms with Gasteiger partial charge in [0.25, 0.3) is 5.91 Å². The Balaban J connectivity index is 2.71. The van der Waals surface area contributed by atoms with Crippen LogP contribution in [0.3, 0.4) is 0 Å². The summed E-state index contributed by atoms with van der Waals surface area (Å²) >= 11 is 0. The van der Waals surface area contributed by atoms with E-state index in [1.807, 2.05) is 0 Å². The molecule has 1 aliphatic rings. The van der Waals surface area contributed by atoms with Crippen LogP contribution in [0.4, 0.5) is 0 Å². The molecule has 4 heteroatoms. The Hall–Kier alpha value is -1.28. The van der Waals surface area contributed by atoms with Crippen LogP contribution >= 0.6 is 0 Å². The zero-order valence-electron chi connectivity index (χ0n) is 4.73. The Morgan fingerprint density at radius 2 is 2.00 bits per heavy atom. The van der Waals surface area contributed by atoms with Gasteiger partial charge in [0.05, 0.1) is 0 Å². The lowest BCUT2D eigenvalue weighted by Crippen LogP contribution is -2.43. The maximum absolute atomic E-state index is 10.6. The zero-order chi connectivity index (χ0) is 6.69. The Labute approximate surface area is 51.9 Å². The summed E-state index contributed by atoms with van der Waals surface area (Å²) in [5.41, 5.74) is 0.00116. The minimum absolute atomic E-state index is 0.00116. The number of piperazine rings is 1. The Kier molecular flexibility index (Phi) is 1.51. The molecule has 0 aromatic rings. The number of amides is 1. The summed E-state index contributed by atoms with van der Waals surface area (Å²) in [5.74, 6) is 1.13. The van der Waals surface area contributed by atoms with Crippen molar-refractivity contribution in [2.24, 2.45) is 0 Å². The normalized spacial score (nSPS) is 17.8. The summed E-state index contributed by atoms with van der Waals surface area (Å²) in [6.45, 7) is 1.18. The van der Waals surface area contributed by atoms with E-state index in [0.717, 1.165) is 0 Å². The number of nitrogens with one attached hydrogen (secondary N) is 2. The summed E-state index contributed by atoms with van der Waals surface area (Å²) in [6.07, 6.45) is 0. The summed E-state index contributed by atoms with van der Waals surface area (Å²) in [6, 6.07) is 0. The Morgan fingerprint density at radius 1 is 1.33 bits per heavy atom. The van der Waals surface area contributed by atoms with E-state index >= 15 is 0 Å². The lowest BCUT2D eigenvalue weighted by Gasteiger charge is -2.13. The van der Waals surface area contributed by atoms with Crippen molar-refractivity contribution in [3.8, 4) is 0 Å². The van der Waals surface area contributed by atoms with Gasteiger partial charge in [0.15, 0.2) is 11.6 Å². The van der Waals surface area contributed by atoms with E-state index < -0.39 is 0 Å². The minimum Gasteiger partial charge on any atom is -0.370 e. The molecule has 1 fully saturated rings. The van der Waals surface area contributed by atoms with Gasteiger partial charge in [0, 0.05) is 13.1 Å². The van der Waals surface area contributed by atoms with E-state index in [0.29, 0.717) is 13.1 Å². The van der Waals surface area contributed by atoms with E-state index in [4.69, 9.17) is 0 Å². The largest absolute Gasteiger partial charge is 0.370 e. The first-order valence-electron chi connectivity index (χ1n) is 2.62. The molecular formula is C5H6N2O2. The first kappa shape index (κ1) is 5.85. The van der Waals surface area contributed by atoms with Crippen LogP contribution < -0.4 is 10.6 Å². The summed E-state index contributed by atoms with van der Waals surface area (Å²) in [4.78, 5) is 20.4. The van der Waals surface area contributed by atoms with Gasteiger partial charge in [0.2, 0.25) is 0 Å². The molecule has 0 atom stereocenters. The van der Waals surface area contributed by atoms with Crippen LogP contribution in [0.5, 0.6) is 0 Å². The highest BCUT2D eigenvalue weighted by atomic mass is 16.2. The quantitative estimate of drug-likeness (QED) is 0.304. The maximum atomic E-state index is 10.6. The van der Waals surface area contributed by atoms with Crippen molar-refractivity contribution in [1.29, 1.82) is 0 Å². The van der Waals surface area contributed by atoms with Crippen molar-refractivity contribution >= 4 is 11.8 Å². The van der Waals surface area contributed by atoms with Gasteiger partial charge in [-0.2, -0.15) is 0 Å². The second-order valence-corrected chi connectivity index (χ2v) is 1.66. The predicted molar refractivity (Wildman–Crippen MR) is 30.2 cm³/mol. The molecule has 0 aliphatic carbocycles. The third-order valence-corrected chi connectivity index (χ3v) is 1.04. The molecule has 1 heterocycles. The van der Waals surface area contributed by atoms with Crippen LogP contribution in [-0.2, 0) is 9.59 Å². The summed E-state index contributed by atoms with van der Waals surface area (Å²) in [5, 5.41) is 5.08. The molecule has 0 saturated carbocycles. The fraction of sp³-hybridized carbons (Fsp3) is 0.400. The van der Waals surface area contributed by atoms with Gasteiger partial charge in [0.1, 0.15) is 0 Å². The Bertz CT molecular complexity index is 181. The predicted octanol–water partition coefficient (Wildman–Crippen LogP) is -1.58. The van der Waals surface area contributed by atoms with Gasteiger partial charge in [-0.3, -0.25) is 4.79 Å². The van der Waals surface area contributed by atoms with E-state index in [2.05, 4.69) is 10.6 Å². The fourth-order valence-electron chi connectivity index (χ4n) is 0.615. The van der Waals surface area contributed by atoms with Gasteiger partial charge in [-0.05, 0) is 0 Å². The van der Waals surface area contributed by atoms with Crippen molar-refractivity contribution < 1.29 is 9.59 Å². The first-order chi connectivity index (χ1) is 4.34. The standard InChI is InChI=1S/C5H6N2O2/c8-3-4-5(9)7-2-1-6-4/h6H,1-2H2,(H,7,9). The van der Waals surface area contributed by atoms with E-state index in [1.165, 1.54) is 5.94 Å². The SMILES string of the molecule is O=C=C1NCCNC1=O. The molecule has 0 aromatic heterocycles. The number of rotatable bonds is 0. The third kappa shape index (κ3) is 1.09. The highest BCUT2D eigenvalue weighted by Gasteiger charge is 2.12. The molecule has 0 bridgehead atoms. The van der Waals surface area contributed by atoms with Crippen LogP contribution in [0.15, 0.2) is 5.70 Å². The molecule has 4 nitrogen and oxygen atoms in total. The number of hydrogen-bond acceptors (Lipinski definition) is 3. The second kappa shape index (κ2) is 2.33. The van der Waals surface area contributed by atoms with Gasteiger partial charge in [-0.25, -0.2) is 4.79 Å². The molecule has 1 rings (SSSR count). The molecule has 1 aliphatic heterocycles. The van der Waals surface area contributed by atoms with Crippen molar-refractivity contribution in [3.05, 3.63) is 5.70 Å². The molecule has 1 saturated heterocycles.